The van der Waals surface area contributed by atoms with E-state index in [0.29, 0.717) is 17.5 Å². The number of amides is 1. The van der Waals surface area contributed by atoms with Crippen LogP contribution in [0, 0.1) is 6.92 Å². The third-order valence-electron chi connectivity index (χ3n) is 2.68. The zero-order valence-corrected chi connectivity index (χ0v) is 10.4. The molecular weight excluding hydrogens is 242 g/mol. The third-order valence-corrected chi connectivity index (χ3v) is 2.68. The Labute approximate surface area is 110 Å². The Kier molecular flexibility index (Phi) is 3.61. The first-order valence-electron chi connectivity index (χ1n) is 5.76. The molecule has 0 fully saturated rings. The molecule has 0 atom stereocenters. The Morgan fingerprint density at radius 3 is 2.68 bits per heavy atom. The number of benzene rings is 2. The molecule has 4 nitrogen and oxygen atoms in total. The molecule has 2 rings (SSSR count). The molecule has 0 aliphatic carbocycles. The lowest BCUT2D eigenvalue weighted by Gasteiger charge is -2.07. The van der Waals surface area contributed by atoms with Gasteiger partial charge in [0.25, 0.3) is 5.91 Å². The molecule has 2 aromatic carbocycles. The second-order valence-corrected chi connectivity index (χ2v) is 4.22. The maximum Gasteiger partial charge on any atom is 0.259 e. The molecule has 0 aliphatic rings. The molecule has 0 unspecified atom stereocenters. The minimum Gasteiger partial charge on any atom is -0.507 e. The lowest BCUT2D eigenvalue weighted by atomic mass is 10.1. The van der Waals surface area contributed by atoms with Crippen molar-refractivity contribution in [2.75, 3.05) is 5.32 Å². The predicted octanol–water partition coefficient (Wildman–Crippen LogP) is 2.77. The van der Waals surface area contributed by atoms with Crippen molar-refractivity contribution in [1.29, 1.82) is 0 Å². The van der Waals surface area contributed by atoms with Crippen LogP contribution in [0.25, 0.3) is 0 Å². The van der Waals surface area contributed by atoms with E-state index in [1.54, 1.807) is 36.4 Å². The van der Waals surface area contributed by atoms with Crippen molar-refractivity contribution in [3.05, 3.63) is 59.2 Å². The lowest BCUT2D eigenvalue weighted by molar-refractivity contribution is 0.102. The van der Waals surface area contributed by atoms with Crippen LogP contribution < -0.4 is 5.32 Å². The lowest BCUT2D eigenvalue weighted by Crippen LogP contribution is -2.12. The highest BCUT2D eigenvalue weighted by Gasteiger charge is 2.11. The van der Waals surface area contributed by atoms with Gasteiger partial charge in [0.15, 0.2) is 0 Å². The average Bonchev–Trinajstić information content (AvgIpc) is 2.38. The predicted molar refractivity (Wildman–Crippen MR) is 72.6 cm³/mol. The van der Waals surface area contributed by atoms with E-state index in [2.05, 4.69) is 5.32 Å². The zero-order chi connectivity index (χ0) is 13.8. The van der Waals surface area contributed by atoms with Gasteiger partial charge in [-0.1, -0.05) is 18.2 Å². The Morgan fingerprint density at radius 2 is 2.00 bits per heavy atom. The van der Waals surface area contributed by atoms with Gasteiger partial charge in [0, 0.05) is 11.3 Å². The highest BCUT2D eigenvalue weighted by molar-refractivity contribution is 6.06. The summed E-state index contributed by atoms with van der Waals surface area (Å²) >= 11 is 0. The number of aromatic hydroxyl groups is 1. The van der Waals surface area contributed by atoms with Crippen molar-refractivity contribution in [2.24, 2.45) is 0 Å². The van der Waals surface area contributed by atoms with Gasteiger partial charge in [0.1, 0.15) is 12.0 Å². The molecule has 4 heteroatoms. The molecule has 0 aromatic heterocycles. The number of aldehydes is 1. The number of anilines is 1. The first-order chi connectivity index (χ1) is 9.10. The summed E-state index contributed by atoms with van der Waals surface area (Å²) in [5, 5.41) is 12.4. The Bertz CT molecular complexity index is 635. The van der Waals surface area contributed by atoms with Crippen molar-refractivity contribution in [3.8, 4) is 5.75 Å². The van der Waals surface area contributed by atoms with Gasteiger partial charge < -0.3 is 10.4 Å². The summed E-state index contributed by atoms with van der Waals surface area (Å²) in [6, 6.07) is 11.4. The van der Waals surface area contributed by atoms with E-state index in [9.17, 15) is 14.7 Å². The monoisotopic (exact) mass is 255 g/mol. The zero-order valence-electron chi connectivity index (χ0n) is 10.4. The minimum atomic E-state index is -0.416. The molecule has 0 saturated carbocycles. The summed E-state index contributed by atoms with van der Waals surface area (Å²) in [6.45, 7) is 1.83. The first-order valence-corrected chi connectivity index (χ1v) is 5.76. The number of rotatable bonds is 3. The summed E-state index contributed by atoms with van der Waals surface area (Å²) in [4.78, 5) is 22.6. The van der Waals surface area contributed by atoms with Crippen LogP contribution in [-0.4, -0.2) is 17.3 Å². The Morgan fingerprint density at radius 1 is 1.21 bits per heavy atom. The number of carbonyl (C=O) groups is 2. The number of aryl methyl sites for hydroxylation is 1. The molecule has 19 heavy (non-hydrogen) atoms. The summed E-state index contributed by atoms with van der Waals surface area (Å²) in [5.41, 5.74) is 2.06. The SMILES string of the molecule is Cc1ccc(C(=O)Nc2cccc(C=O)c2)c(O)c1. The Balaban J connectivity index is 2.22. The molecule has 0 bridgehead atoms. The molecule has 0 heterocycles. The number of hydrogen-bond acceptors (Lipinski definition) is 3. The Hall–Kier alpha value is -2.62. The molecule has 0 saturated heterocycles. The molecule has 1 amide bonds. The molecule has 0 spiro atoms. The fourth-order valence-electron chi connectivity index (χ4n) is 1.72. The fourth-order valence-corrected chi connectivity index (χ4v) is 1.72. The second kappa shape index (κ2) is 5.35. The van der Waals surface area contributed by atoms with Gasteiger partial charge in [0.05, 0.1) is 5.56 Å². The van der Waals surface area contributed by atoms with Crippen LogP contribution in [0.15, 0.2) is 42.5 Å². The fraction of sp³-hybridized carbons (Fsp3) is 0.0667. The van der Waals surface area contributed by atoms with Gasteiger partial charge in [-0.3, -0.25) is 9.59 Å². The third kappa shape index (κ3) is 2.98. The van der Waals surface area contributed by atoms with E-state index in [-0.39, 0.29) is 11.3 Å². The standard InChI is InChI=1S/C15H13NO3/c1-10-5-6-13(14(18)7-10)15(19)16-12-4-2-3-11(8-12)9-17/h2-9,18H,1H3,(H,16,19). The van der Waals surface area contributed by atoms with Crippen LogP contribution in [0.4, 0.5) is 5.69 Å². The number of phenolic OH excluding ortho intramolecular Hbond substituents is 1. The summed E-state index contributed by atoms with van der Waals surface area (Å²) in [6.07, 6.45) is 0.707. The maximum absolute atomic E-state index is 12.0. The maximum atomic E-state index is 12.0. The summed E-state index contributed by atoms with van der Waals surface area (Å²) in [7, 11) is 0. The van der Waals surface area contributed by atoms with E-state index >= 15 is 0 Å². The summed E-state index contributed by atoms with van der Waals surface area (Å²) in [5.74, 6) is -0.482. The highest BCUT2D eigenvalue weighted by Crippen LogP contribution is 2.20. The van der Waals surface area contributed by atoms with Crippen molar-refractivity contribution in [1.82, 2.24) is 0 Å². The van der Waals surface area contributed by atoms with Gasteiger partial charge in [-0.05, 0) is 36.8 Å². The average molecular weight is 255 g/mol. The van der Waals surface area contributed by atoms with Crippen LogP contribution in [0.5, 0.6) is 5.75 Å². The molecule has 2 N–H and O–H groups in total. The first kappa shape index (κ1) is 12.8. The van der Waals surface area contributed by atoms with E-state index < -0.39 is 5.91 Å². The number of hydrogen-bond donors (Lipinski definition) is 2. The van der Waals surface area contributed by atoms with Crippen molar-refractivity contribution < 1.29 is 14.7 Å². The van der Waals surface area contributed by atoms with E-state index in [0.717, 1.165) is 5.56 Å². The molecular formula is C15H13NO3. The molecule has 0 aliphatic heterocycles. The van der Waals surface area contributed by atoms with Crippen LogP contribution in [0.3, 0.4) is 0 Å². The molecule has 96 valence electrons. The smallest absolute Gasteiger partial charge is 0.259 e. The van der Waals surface area contributed by atoms with E-state index in [1.165, 1.54) is 6.07 Å². The molecule has 0 radical (unpaired) electrons. The highest BCUT2D eigenvalue weighted by atomic mass is 16.3. The van der Waals surface area contributed by atoms with Crippen molar-refractivity contribution >= 4 is 17.9 Å². The largest absolute Gasteiger partial charge is 0.507 e. The number of phenols is 1. The number of nitrogens with one attached hydrogen (secondary N) is 1. The van der Waals surface area contributed by atoms with E-state index in [1.807, 2.05) is 6.92 Å². The number of carbonyl (C=O) groups excluding carboxylic acids is 2. The minimum absolute atomic E-state index is 0.0657. The van der Waals surface area contributed by atoms with Crippen LogP contribution in [-0.2, 0) is 0 Å². The van der Waals surface area contributed by atoms with Crippen LogP contribution in [0.1, 0.15) is 26.3 Å². The molecule has 2 aromatic rings. The topological polar surface area (TPSA) is 66.4 Å². The second-order valence-electron chi connectivity index (χ2n) is 4.22. The van der Waals surface area contributed by atoms with Crippen molar-refractivity contribution in [2.45, 2.75) is 6.92 Å². The van der Waals surface area contributed by atoms with Gasteiger partial charge in [0.2, 0.25) is 0 Å². The quantitative estimate of drug-likeness (QED) is 0.829. The summed E-state index contributed by atoms with van der Waals surface area (Å²) < 4.78 is 0. The van der Waals surface area contributed by atoms with Crippen molar-refractivity contribution in [3.63, 3.8) is 0 Å². The van der Waals surface area contributed by atoms with E-state index in [4.69, 9.17) is 0 Å². The van der Waals surface area contributed by atoms with Gasteiger partial charge in [-0.2, -0.15) is 0 Å². The van der Waals surface area contributed by atoms with Gasteiger partial charge in [-0.15, -0.1) is 0 Å². The van der Waals surface area contributed by atoms with Gasteiger partial charge >= 0.3 is 0 Å². The van der Waals surface area contributed by atoms with Gasteiger partial charge in [-0.25, -0.2) is 0 Å². The normalized spacial score (nSPS) is 9.95. The van der Waals surface area contributed by atoms with Crippen LogP contribution in [0.2, 0.25) is 0 Å². The van der Waals surface area contributed by atoms with Crippen LogP contribution >= 0.6 is 0 Å².